The lowest BCUT2D eigenvalue weighted by Crippen LogP contribution is -2.30. The Morgan fingerprint density at radius 2 is 1.68 bits per heavy atom. The van der Waals surface area contributed by atoms with Crippen LogP contribution in [-0.2, 0) is 11.3 Å². The number of likely N-dealkylation sites (N-methyl/N-ethyl adjacent to an activating group) is 1. The Bertz CT molecular complexity index is 636. The molecular formula is C17H18F2N2O. The van der Waals surface area contributed by atoms with Gasteiger partial charge in [-0.15, -0.1) is 0 Å². The van der Waals surface area contributed by atoms with Crippen LogP contribution in [0, 0.1) is 18.6 Å². The van der Waals surface area contributed by atoms with Gasteiger partial charge in [-0.05, 0) is 31.7 Å². The van der Waals surface area contributed by atoms with E-state index < -0.39 is 23.2 Å². The molecule has 0 radical (unpaired) electrons. The molecule has 0 aliphatic rings. The highest BCUT2D eigenvalue weighted by Gasteiger charge is 2.13. The number of hydrogen-bond donors (Lipinski definition) is 1. The largest absolute Gasteiger partial charge is 0.320 e. The first-order valence-corrected chi connectivity index (χ1v) is 6.93. The van der Waals surface area contributed by atoms with Gasteiger partial charge in [-0.2, -0.15) is 0 Å². The van der Waals surface area contributed by atoms with Crippen LogP contribution >= 0.6 is 0 Å². The first-order valence-electron chi connectivity index (χ1n) is 6.93. The summed E-state index contributed by atoms with van der Waals surface area (Å²) in [5, 5.41) is 2.27. The third-order valence-electron chi connectivity index (χ3n) is 3.21. The van der Waals surface area contributed by atoms with Crippen LogP contribution in [0.5, 0.6) is 0 Å². The normalized spacial score (nSPS) is 10.8. The molecule has 0 unspecified atom stereocenters. The van der Waals surface area contributed by atoms with Gasteiger partial charge in [0.1, 0.15) is 17.3 Å². The van der Waals surface area contributed by atoms with Gasteiger partial charge in [0, 0.05) is 6.54 Å². The average Bonchev–Trinajstić information content (AvgIpc) is 2.45. The van der Waals surface area contributed by atoms with Gasteiger partial charge in [0.05, 0.1) is 6.54 Å². The highest BCUT2D eigenvalue weighted by atomic mass is 19.1. The predicted molar refractivity (Wildman–Crippen MR) is 82.5 cm³/mol. The van der Waals surface area contributed by atoms with Gasteiger partial charge in [-0.3, -0.25) is 9.69 Å². The number of carbonyl (C=O) groups excluding carboxylic acids is 1. The van der Waals surface area contributed by atoms with Crippen LogP contribution < -0.4 is 5.32 Å². The van der Waals surface area contributed by atoms with Crippen molar-refractivity contribution in [1.82, 2.24) is 4.90 Å². The van der Waals surface area contributed by atoms with Crippen molar-refractivity contribution in [2.24, 2.45) is 0 Å². The van der Waals surface area contributed by atoms with Crippen LogP contribution in [0.2, 0.25) is 0 Å². The SMILES string of the molecule is Cc1ccc(CN(C)CC(=O)Nc2c(F)cccc2F)cc1. The van der Waals surface area contributed by atoms with E-state index in [4.69, 9.17) is 0 Å². The van der Waals surface area contributed by atoms with E-state index in [0.717, 1.165) is 17.7 Å². The summed E-state index contributed by atoms with van der Waals surface area (Å²) in [5.41, 5.74) is 1.83. The summed E-state index contributed by atoms with van der Waals surface area (Å²) in [5.74, 6) is -2.03. The minimum Gasteiger partial charge on any atom is -0.320 e. The fourth-order valence-corrected chi connectivity index (χ4v) is 2.10. The molecule has 22 heavy (non-hydrogen) atoms. The third kappa shape index (κ3) is 4.36. The number of nitrogens with zero attached hydrogens (tertiary/aromatic N) is 1. The van der Waals surface area contributed by atoms with Gasteiger partial charge in [0.2, 0.25) is 5.91 Å². The first kappa shape index (κ1) is 16.1. The summed E-state index contributed by atoms with van der Waals surface area (Å²) < 4.78 is 26.9. The summed E-state index contributed by atoms with van der Waals surface area (Å²) in [7, 11) is 1.77. The lowest BCUT2D eigenvalue weighted by molar-refractivity contribution is -0.117. The molecule has 0 aromatic heterocycles. The summed E-state index contributed by atoms with van der Waals surface area (Å²) >= 11 is 0. The zero-order chi connectivity index (χ0) is 16.1. The van der Waals surface area contributed by atoms with Gasteiger partial charge >= 0.3 is 0 Å². The Labute approximate surface area is 128 Å². The fourth-order valence-electron chi connectivity index (χ4n) is 2.10. The molecule has 2 aromatic carbocycles. The Hall–Kier alpha value is -2.27. The Kier molecular flexibility index (Phi) is 5.22. The van der Waals surface area contributed by atoms with Crippen molar-refractivity contribution in [3.05, 3.63) is 65.2 Å². The standard InChI is InChI=1S/C17H18F2N2O/c1-12-6-8-13(9-7-12)10-21(2)11-16(22)20-17-14(18)4-3-5-15(17)19/h3-9H,10-11H2,1-2H3,(H,20,22). The zero-order valence-corrected chi connectivity index (χ0v) is 12.6. The van der Waals surface area contributed by atoms with E-state index in [1.54, 1.807) is 11.9 Å². The van der Waals surface area contributed by atoms with Crippen molar-refractivity contribution in [2.45, 2.75) is 13.5 Å². The van der Waals surface area contributed by atoms with Crippen LogP contribution in [0.15, 0.2) is 42.5 Å². The van der Waals surface area contributed by atoms with E-state index in [0.29, 0.717) is 6.54 Å². The molecule has 2 aromatic rings. The van der Waals surface area contributed by atoms with Crippen molar-refractivity contribution in [3.63, 3.8) is 0 Å². The summed E-state index contributed by atoms with van der Waals surface area (Å²) in [6, 6.07) is 11.4. The quantitative estimate of drug-likeness (QED) is 0.919. The molecule has 0 saturated heterocycles. The van der Waals surface area contributed by atoms with Crippen molar-refractivity contribution in [1.29, 1.82) is 0 Å². The minimum absolute atomic E-state index is 0.0433. The topological polar surface area (TPSA) is 32.3 Å². The molecule has 3 nitrogen and oxygen atoms in total. The average molecular weight is 304 g/mol. The predicted octanol–water partition coefficient (Wildman–Crippen LogP) is 3.34. The van der Waals surface area contributed by atoms with Crippen LogP contribution in [0.25, 0.3) is 0 Å². The van der Waals surface area contributed by atoms with Crippen molar-refractivity contribution in [2.75, 3.05) is 18.9 Å². The molecular weight excluding hydrogens is 286 g/mol. The maximum Gasteiger partial charge on any atom is 0.238 e. The van der Waals surface area contributed by atoms with Crippen LogP contribution in [0.3, 0.4) is 0 Å². The number of nitrogens with one attached hydrogen (secondary N) is 1. The van der Waals surface area contributed by atoms with Gasteiger partial charge in [-0.25, -0.2) is 8.78 Å². The molecule has 5 heteroatoms. The van der Waals surface area contributed by atoms with E-state index in [1.807, 2.05) is 31.2 Å². The third-order valence-corrected chi connectivity index (χ3v) is 3.21. The van der Waals surface area contributed by atoms with E-state index in [-0.39, 0.29) is 6.54 Å². The monoisotopic (exact) mass is 304 g/mol. The molecule has 0 atom stereocenters. The molecule has 0 heterocycles. The molecule has 0 fully saturated rings. The first-order chi connectivity index (χ1) is 10.5. The zero-order valence-electron chi connectivity index (χ0n) is 12.6. The Morgan fingerprint density at radius 1 is 1.09 bits per heavy atom. The molecule has 2 rings (SSSR count). The van der Waals surface area contributed by atoms with Gasteiger partial charge < -0.3 is 5.32 Å². The van der Waals surface area contributed by atoms with Gasteiger partial charge in [0.15, 0.2) is 0 Å². The van der Waals surface area contributed by atoms with Gasteiger partial charge in [-0.1, -0.05) is 35.9 Å². The maximum atomic E-state index is 13.5. The Morgan fingerprint density at radius 3 is 2.27 bits per heavy atom. The van der Waals surface area contributed by atoms with E-state index in [2.05, 4.69) is 5.32 Å². The van der Waals surface area contributed by atoms with E-state index in [1.165, 1.54) is 11.6 Å². The van der Waals surface area contributed by atoms with Crippen LogP contribution in [0.1, 0.15) is 11.1 Å². The summed E-state index contributed by atoms with van der Waals surface area (Å²) in [4.78, 5) is 13.7. The van der Waals surface area contributed by atoms with Crippen molar-refractivity contribution < 1.29 is 13.6 Å². The van der Waals surface area contributed by atoms with E-state index >= 15 is 0 Å². The molecule has 0 aliphatic heterocycles. The second-order valence-electron chi connectivity index (χ2n) is 5.30. The molecule has 0 saturated carbocycles. The molecule has 0 aliphatic carbocycles. The molecule has 1 N–H and O–H groups in total. The minimum atomic E-state index is -0.783. The maximum absolute atomic E-state index is 13.5. The number of amides is 1. The van der Waals surface area contributed by atoms with Crippen molar-refractivity contribution >= 4 is 11.6 Å². The van der Waals surface area contributed by atoms with E-state index in [9.17, 15) is 13.6 Å². The number of carbonyl (C=O) groups is 1. The van der Waals surface area contributed by atoms with Gasteiger partial charge in [0.25, 0.3) is 0 Å². The number of rotatable bonds is 5. The number of benzene rings is 2. The lowest BCUT2D eigenvalue weighted by atomic mass is 10.1. The second kappa shape index (κ2) is 7.13. The number of hydrogen-bond acceptors (Lipinski definition) is 2. The summed E-state index contributed by atoms with van der Waals surface area (Å²) in [6.07, 6.45) is 0. The number of para-hydroxylation sites is 1. The smallest absolute Gasteiger partial charge is 0.238 e. The number of anilines is 1. The lowest BCUT2D eigenvalue weighted by Gasteiger charge is -2.17. The summed E-state index contributed by atoms with van der Waals surface area (Å²) in [6.45, 7) is 2.62. The molecule has 1 amide bonds. The molecule has 0 spiro atoms. The number of halogens is 2. The number of aryl methyl sites for hydroxylation is 1. The highest BCUT2D eigenvalue weighted by Crippen LogP contribution is 2.17. The Balaban J connectivity index is 1.92. The van der Waals surface area contributed by atoms with Crippen molar-refractivity contribution in [3.8, 4) is 0 Å². The van der Waals surface area contributed by atoms with Crippen LogP contribution in [-0.4, -0.2) is 24.4 Å². The molecule has 0 bridgehead atoms. The molecule has 116 valence electrons. The second-order valence-corrected chi connectivity index (χ2v) is 5.30. The van der Waals surface area contributed by atoms with Crippen LogP contribution in [0.4, 0.5) is 14.5 Å². The fraction of sp³-hybridized carbons (Fsp3) is 0.235. The highest BCUT2D eigenvalue weighted by molar-refractivity contribution is 5.92.